The zero-order chi connectivity index (χ0) is 26.0. The summed E-state index contributed by atoms with van der Waals surface area (Å²) in [5, 5.41) is 6.49. The third kappa shape index (κ3) is 8.98. The van der Waals surface area contributed by atoms with Crippen LogP contribution in [0.15, 0.2) is 85.2 Å². The first-order chi connectivity index (χ1) is 17.8. The largest absolute Gasteiger partial charge is 0.373 e. The lowest BCUT2D eigenvalue weighted by atomic mass is 10.2. The van der Waals surface area contributed by atoms with Crippen molar-refractivity contribution in [1.29, 1.82) is 0 Å². The van der Waals surface area contributed by atoms with E-state index >= 15 is 0 Å². The molecule has 7 nitrogen and oxygen atoms in total. The number of aromatic nitrogens is 4. The van der Waals surface area contributed by atoms with E-state index in [1.165, 1.54) is 0 Å². The number of nitrogens with one attached hydrogen (secondary N) is 2. The number of nitrogens with zero attached hydrogens (tertiary/aromatic N) is 5. The Labute approximate surface area is 216 Å². The topological polar surface area (TPSA) is 78.9 Å². The van der Waals surface area contributed by atoms with E-state index in [1.54, 1.807) is 12.4 Å². The molecule has 0 unspecified atom stereocenters. The first-order valence-corrected chi connectivity index (χ1v) is 12.7. The van der Waals surface area contributed by atoms with Gasteiger partial charge in [-0.3, -0.25) is 0 Å². The van der Waals surface area contributed by atoms with Crippen molar-refractivity contribution < 1.29 is 0 Å². The maximum absolute atomic E-state index is 4.79. The van der Waals surface area contributed by atoms with Crippen LogP contribution in [0, 0.1) is 0 Å². The van der Waals surface area contributed by atoms with Gasteiger partial charge in [-0.2, -0.15) is 0 Å². The van der Waals surface area contributed by atoms with Crippen molar-refractivity contribution in [1.82, 2.24) is 19.9 Å². The number of hydrogen-bond acceptors (Lipinski definition) is 7. The van der Waals surface area contributed by atoms with E-state index < -0.39 is 0 Å². The van der Waals surface area contributed by atoms with Crippen LogP contribution in [0.5, 0.6) is 0 Å². The van der Waals surface area contributed by atoms with Gasteiger partial charge in [0.15, 0.2) is 0 Å². The maximum atomic E-state index is 4.79. The monoisotopic (exact) mass is 485 g/mol. The molecule has 0 fully saturated rings. The van der Waals surface area contributed by atoms with Crippen LogP contribution in [-0.2, 0) is 12.8 Å². The third-order valence-corrected chi connectivity index (χ3v) is 5.00. The van der Waals surface area contributed by atoms with Crippen molar-refractivity contribution in [2.45, 2.75) is 40.5 Å². The van der Waals surface area contributed by atoms with Crippen molar-refractivity contribution in [3.05, 3.63) is 96.6 Å². The average Bonchev–Trinajstić information content (AvgIpc) is 2.97. The van der Waals surface area contributed by atoms with Gasteiger partial charge in [-0.15, -0.1) is 0 Å². The lowest BCUT2D eigenvalue weighted by Gasteiger charge is -2.22. The minimum atomic E-state index is 0.727. The fourth-order valence-corrected chi connectivity index (χ4v) is 3.39. The maximum Gasteiger partial charge on any atom is 0.134 e. The van der Waals surface area contributed by atoms with E-state index in [1.807, 2.05) is 101 Å². The van der Waals surface area contributed by atoms with Crippen molar-refractivity contribution in [2.24, 2.45) is 0 Å². The summed E-state index contributed by atoms with van der Waals surface area (Å²) in [4.78, 5) is 20.5. The number of anilines is 4. The molecule has 4 aromatic heterocycles. The lowest BCUT2D eigenvalue weighted by molar-refractivity contribution is 0.856. The molecule has 4 aromatic rings. The minimum absolute atomic E-state index is 0.727. The molecular weight excluding hydrogens is 446 g/mol. The van der Waals surface area contributed by atoms with Crippen LogP contribution in [-0.4, -0.2) is 40.1 Å². The molecule has 0 bridgehead atoms. The van der Waals surface area contributed by atoms with Crippen LogP contribution in [0.4, 0.5) is 23.3 Å². The average molecular weight is 486 g/mol. The van der Waals surface area contributed by atoms with Crippen LogP contribution in [0.2, 0.25) is 0 Å². The van der Waals surface area contributed by atoms with Gasteiger partial charge in [-0.1, -0.05) is 52.0 Å². The molecule has 0 radical (unpaired) electrons. The van der Waals surface area contributed by atoms with E-state index in [4.69, 9.17) is 4.98 Å². The number of pyridine rings is 4. The van der Waals surface area contributed by atoms with Crippen LogP contribution in [0.25, 0.3) is 0 Å². The smallest absolute Gasteiger partial charge is 0.134 e. The van der Waals surface area contributed by atoms with Gasteiger partial charge in [0.05, 0.1) is 0 Å². The van der Waals surface area contributed by atoms with Crippen molar-refractivity contribution in [3.63, 3.8) is 0 Å². The molecule has 0 saturated carbocycles. The van der Waals surface area contributed by atoms with E-state index in [0.717, 1.165) is 60.6 Å². The molecule has 0 aliphatic rings. The Morgan fingerprint density at radius 3 is 1.75 bits per heavy atom. The Balaban J connectivity index is 0.00000109. The molecule has 4 heterocycles. The summed E-state index contributed by atoms with van der Waals surface area (Å²) in [6.45, 7) is 9.50. The zero-order valence-electron chi connectivity index (χ0n) is 22.1. The summed E-state index contributed by atoms with van der Waals surface area (Å²) in [6.07, 6.45) is 5.20. The van der Waals surface area contributed by atoms with Gasteiger partial charge in [0.2, 0.25) is 0 Å². The third-order valence-electron chi connectivity index (χ3n) is 5.00. The van der Waals surface area contributed by atoms with Crippen LogP contribution in [0.1, 0.15) is 39.1 Å². The van der Waals surface area contributed by atoms with Gasteiger partial charge in [-0.05, 0) is 48.5 Å². The van der Waals surface area contributed by atoms with Gasteiger partial charge in [0.25, 0.3) is 0 Å². The predicted molar refractivity (Wildman–Crippen MR) is 152 cm³/mol. The van der Waals surface area contributed by atoms with Crippen LogP contribution < -0.4 is 15.5 Å². The summed E-state index contributed by atoms with van der Waals surface area (Å²) >= 11 is 0. The second-order valence-corrected chi connectivity index (χ2v) is 7.23. The van der Waals surface area contributed by atoms with E-state index in [-0.39, 0.29) is 0 Å². The molecule has 0 saturated heterocycles. The van der Waals surface area contributed by atoms with Crippen LogP contribution >= 0.6 is 0 Å². The molecule has 0 aromatic carbocycles. The quantitative estimate of drug-likeness (QED) is 0.269. The Morgan fingerprint density at radius 2 is 1.19 bits per heavy atom. The molecule has 0 atom stereocenters. The molecule has 190 valence electrons. The van der Waals surface area contributed by atoms with Crippen LogP contribution in [0.3, 0.4) is 0 Å². The predicted octanol–water partition coefficient (Wildman–Crippen LogP) is 6.40. The Hall–Kier alpha value is -4.00. The minimum Gasteiger partial charge on any atom is -0.373 e. The van der Waals surface area contributed by atoms with E-state index in [9.17, 15) is 0 Å². The Morgan fingerprint density at radius 1 is 0.639 bits per heavy atom. The highest BCUT2D eigenvalue weighted by Gasteiger charge is 2.12. The Bertz CT molecular complexity index is 1070. The fraction of sp³-hybridized carbons (Fsp3) is 0.310. The van der Waals surface area contributed by atoms with E-state index in [0.29, 0.717) is 0 Å². The molecule has 0 aliphatic heterocycles. The fourth-order valence-electron chi connectivity index (χ4n) is 3.39. The summed E-state index contributed by atoms with van der Waals surface area (Å²) in [6, 6.07) is 23.9. The first-order valence-electron chi connectivity index (χ1n) is 12.7. The molecule has 0 spiro atoms. The molecule has 7 heteroatoms. The molecule has 36 heavy (non-hydrogen) atoms. The summed E-state index contributed by atoms with van der Waals surface area (Å²) < 4.78 is 0. The van der Waals surface area contributed by atoms with Gasteiger partial charge in [-0.25, -0.2) is 19.9 Å². The number of rotatable bonds is 10. The SMILES string of the molecule is CC.CC.CNc1cccc(CCNc2cccc(CCN(c3ccccn3)c3ccccn3)n2)n1. The highest BCUT2D eigenvalue weighted by Crippen LogP contribution is 2.21. The Kier molecular flexibility index (Phi) is 13.0. The van der Waals surface area contributed by atoms with E-state index in [2.05, 4.69) is 36.6 Å². The van der Waals surface area contributed by atoms with Gasteiger partial charge < -0.3 is 15.5 Å². The van der Waals surface area contributed by atoms with Gasteiger partial charge in [0.1, 0.15) is 23.3 Å². The highest BCUT2D eigenvalue weighted by atomic mass is 15.2. The lowest BCUT2D eigenvalue weighted by Crippen LogP contribution is -2.22. The standard InChI is InChI=1S/C25H27N7.2C2H6/c1-26-22-10-6-8-20(30-22)14-18-27-23-11-7-9-21(31-23)15-19-32(24-12-2-4-16-28-24)25-13-3-5-17-29-25;2*1-2/h2-13,16-17H,14-15,18-19H2,1H3,(H,26,30)(H,27,31);2*1-2H3. The summed E-state index contributed by atoms with van der Waals surface area (Å²) in [5.74, 6) is 3.50. The van der Waals surface area contributed by atoms with Gasteiger partial charge >= 0.3 is 0 Å². The molecule has 0 amide bonds. The first kappa shape index (κ1) is 28.2. The second kappa shape index (κ2) is 16.6. The van der Waals surface area contributed by atoms with Gasteiger partial charge in [0, 0.05) is 56.8 Å². The molecular formula is C29H39N7. The van der Waals surface area contributed by atoms with Crippen molar-refractivity contribution in [3.8, 4) is 0 Å². The molecule has 2 N–H and O–H groups in total. The normalized spacial score (nSPS) is 9.69. The molecule has 0 aliphatic carbocycles. The summed E-state index contributed by atoms with van der Waals surface area (Å²) in [7, 11) is 1.88. The molecule has 4 rings (SSSR count). The van der Waals surface area contributed by atoms with Crippen molar-refractivity contribution >= 4 is 23.3 Å². The number of hydrogen-bond donors (Lipinski definition) is 2. The highest BCUT2D eigenvalue weighted by molar-refractivity contribution is 5.55. The summed E-state index contributed by atoms with van der Waals surface area (Å²) in [5.41, 5.74) is 2.06. The second-order valence-electron chi connectivity index (χ2n) is 7.23. The van der Waals surface area contributed by atoms with Crippen molar-refractivity contribution in [2.75, 3.05) is 35.7 Å². The zero-order valence-corrected chi connectivity index (χ0v) is 22.1.